The lowest BCUT2D eigenvalue weighted by atomic mass is 10.1. The Morgan fingerprint density at radius 2 is 2.12 bits per heavy atom. The number of carbonyl (C=O) groups excluding carboxylic acids is 2. The van der Waals surface area contributed by atoms with Crippen molar-refractivity contribution in [1.82, 2.24) is 5.32 Å². The van der Waals surface area contributed by atoms with E-state index in [0.29, 0.717) is 17.0 Å². The molecule has 2 aromatic carbocycles. The summed E-state index contributed by atoms with van der Waals surface area (Å²) in [4.78, 5) is 23.7. The second-order valence-electron chi connectivity index (χ2n) is 5.45. The van der Waals surface area contributed by atoms with Crippen LogP contribution in [0.25, 0.3) is 0 Å². The quantitative estimate of drug-likeness (QED) is 0.797. The number of halogens is 1. The summed E-state index contributed by atoms with van der Waals surface area (Å²) in [5.41, 5.74) is 1.74. The zero-order valence-electron chi connectivity index (χ0n) is 12.8. The van der Waals surface area contributed by atoms with Gasteiger partial charge in [-0.05, 0) is 42.8 Å². The van der Waals surface area contributed by atoms with Crippen LogP contribution in [0.5, 0.6) is 11.5 Å². The monoisotopic (exact) mass is 346 g/mol. The molecule has 6 nitrogen and oxygen atoms in total. The van der Waals surface area contributed by atoms with Crippen molar-refractivity contribution in [2.45, 2.75) is 13.0 Å². The first-order valence-electron chi connectivity index (χ1n) is 7.30. The van der Waals surface area contributed by atoms with E-state index < -0.39 is 0 Å². The number of aromatic hydroxyl groups is 1. The van der Waals surface area contributed by atoms with E-state index in [0.717, 1.165) is 5.56 Å². The smallest absolute Gasteiger partial charge is 0.262 e. The summed E-state index contributed by atoms with van der Waals surface area (Å²) in [6, 6.07) is 9.31. The third-order valence-corrected chi connectivity index (χ3v) is 4.00. The van der Waals surface area contributed by atoms with Gasteiger partial charge in [0.15, 0.2) is 6.61 Å². The number of anilines is 1. The molecule has 2 aromatic rings. The number of hydrogen-bond donors (Lipinski definition) is 3. The second-order valence-corrected chi connectivity index (χ2v) is 5.86. The third-order valence-electron chi connectivity index (χ3n) is 3.69. The summed E-state index contributed by atoms with van der Waals surface area (Å²) in [5, 5.41) is 15.1. The molecule has 0 bridgehead atoms. The Morgan fingerprint density at radius 1 is 1.33 bits per heavy atom. The highest BCUT2D eigenvalue weighted by atomic mass is 35.5. The lowest BCUT2D eigenvalue weighted by molar-refractivity contribution is -0.118. The van der Waals surface area contributed by atoms with Gasteiger partial charge in [-0.3, -0.25) is 9.59 Å². The van der Waals surface area contributed by atoms with Crippen LogP contribution in [0.15, 0.2) is 36.4 Å². The van der Waals surface area contributed by atoms with E-state index in [2.05, 4.69) is 10.6 Å². The number of ether oxygens (including phenoxy) is 1. The van der Waals surface area contributed by atoms with Gasteiger partial charge in [-0.15, -0.1) is 0 Å². The topological polar surface area (TPSA) is 87.7 Å². The molecular weight excluding hydrogens is 332 g/mol. The lowest BCUT2D eigenvalue weighted by Crippen LogP contribution is -2.28. The summed E-state index contributed by atoms with van der Waals surface area (Å²) < 4.78 is 5.31. The molecule has 0 aliphatic carbocycles. The zero-order valence-corrected chi connectivity index (χ0v) is 13.6. The summed E-state index contributed by atoms with van der Waals surface area (Å²) >= 11 is 5.82. The molecule has 0 spiro atoms. The van der Waals surface area contributed by atoms with Gasteiger partial charge < -0.3 is 20.5 Å². The van der Waals surface area contributed by atoms with E-state index in [1.807, 2.05) is 13.0 Å². The van der Waals surface area contributed by atoms with Crippen molar-refractivity contribution >= 4 is 29.1 Å². The predicted octanol–water partition coefficient (Wildman–Crippen LogP) is 2.87. The number of amides is 2. The average molecular weight is 347 g/mol. The molecule has 1 aliphatic heterocycles. The standard InChI is InChI=1S/C17H15ClN2O4/c1-9(19-17(23)11-2-4-14(21)12(18)6-11)10-3-5-15-13(7-10)20-16(22)8-24-15/h2-7,9,21H,8H2,1H3,(H,19,23)(H,20,22)/t9-/m1/s1. The van der Waals surface area contributed by atoms with Crippen LogP contribution in [-0.4, -0.2) is 23.5 Å². The fourth-order valence-electron chi connectivity index (χ4n) is 2.38. The molecule has 0 saturated carbocycles. The number of hydrogen-bond acceptors (Lipinski definition) is 4. The van der Waals surface area contributed by atoms with Crippen LogP contribution in [-0.2, 0) is 4.79 Å². The second kappa shape index (κ2) is 6.41. The number of benzene rings is 2. The Labute approximate surface area is 143 Å². The van der Waals surface area contributed by atoms with Gasteiger partial charge in [-0.1, -0.05) is 17.7 Å². The SMILES string of the molecule is C[C@@H](NC(=O)c1ccc(O)c(Cl)c1)c1ccc2c(c1)NC(=O)CO2. The normalized spacial score (nSPS) is 14.2. The van der Waals surface area contributed by atoms with E-state index in [-0.39, 0.29) is 35.2 Å². The Morgan fingerprint density at radius 3 is 2.88 bits per heavy atom. The third kappa shape index (κ3) is 3.28. The van der Waals surface area contributed by atoms with Crippen molar-refractivity contribution in [3.63, 3.8) is 0 Å². The maximum Gasteiger partial charge on any atom is 0.262 e. The molecule has 1 aliphatic rings. The average Bonchev–Trinajstić information content (AvgIpc) is 2.56. The maximum absolute atomic E-state index is 12.3. The Hall–Kier alpha value is -2.73. The summed E-state index contributed by atoms with van der Waals surface area (Å²) in [7, 11) is 0. The summed E-state index contributed by atoms with van der Waals surface area (Å²) in [5.74, 6) is -0.00799. The number of carbonyl (C=O) groups is 2. The van der Waals surface area contributed by atoms with Crippen LogP contribution in [0.3, 0.4) is 0 Å². The molecule has 124 valence electrons. The van der Waals surface area contributed by atoms with E-state index >= 15 is 0 Å². The molecule has 0 aromatic heterocycles. The van der Waals surface area contributed by atoms with Crippen molar-refractivity contribution in [1.29, 1.82) is 0 Å². The number of nitrogens with one attached hydrogen (secondary N) is 2. The van der Waals surface area contributed by atoms with Crippen LogP contribution < -0.4 is 15.4 Å². The molecule has 0 saturated heterocycles. The number of rotatable bonds is 3. The Bertz CT molecular complexity index is 822. The minimum Gasteiger partial charge on any atom is -0.506 e. The van der Waals surface area contributed by atoms with Gasteiger partial charge in [0.25, 0.3) is 11.8 Å². The Kier molecular flexibility index (Phi) is 4.31. The maximum atomic E-state index is 12.3. The van der Waals surface area contributed by atoms with E-state index in [1.165, 1.54) is 18.2 Å². The van der Waals surface area contributed by atoms with Crippen molar-refractivity contribution < 1.29 is 19.4 Å². The fourth-order valence-corrected chi connectivity index (χ4v) is 2.56. The van der Waals surface area contributed by atoms with E-state index in [4.69, 9.17) is 16.3 Å². The highest BCUT2D eigenvalue weighted by molar-refractivity contribution is 6.32. The van der Waals surface area contributed by atoms with Crippen molar-refractivity contribution in [2.24, 2.45) is 0 Å². The van der Waals surface area contributed by atoms with Gasteiger partial charge in [-0.2, -0.15) is 0 Å². The summed E-state index contributed by atoms with van der Waals surface area (Å²) in [6.45, 7) is 1.83. The fraction of sp³-hybridized carbons (Fsp3) is 0.176. The lowest BCUT2D eigenvalue weighted by Gasteiger charge is -2.21. The first-order valence-corrected chi connectivity index (χ1v) is 7.68. The molecule has 0 fully saturated rings. The van der Waals surface area contributed by atoms with Crippen molar-refractivity contribution in [3.8, 4) is 11.5 Å². The molecule has 0 unspecified atom stereocenters. The highest BCUT2D eigenvalue weighted by Gasteiger charge is 2.18. The van der Waals surface area contributed by atoms with Gasteiger partial charge in [0.1, 0.15) is 11.5 Å². The van der Waals surface area contributed by atoms with E-state index in [9.17, 15) is 14.7 Å². The van der Waals surface area contributed by atoms with Crippen molar-refractivity contribution in [3.05, 3.63) is 52.5 Å². The molecule has 7 heteroatoms. The molecular formula is C17H15ClN2O4. The number of phenolic OH excluding ortho intramolecular Hbond substituents is 1. The first-order chi connectivity index (χ1) is 11.4. The van der Waals surface area contributed by atoms with Crippen LogP contribution in [0.1, 0.15) is 28.9 Å². The van der Waals surface area contributed by atoms with Crippen LogP contribution in [0.4, 0.5) is 5.69 Å². The van der Waals surface area contributed by atoms with Crippen molar-refractivity contribution in [2.75, 3.05) is 11.9 Å². The Balaban J connectivity index is 1.76. The van der Waals surface area contributed by atoms with Gasteiger partial charge in [-0.25, -0.2) is 0 Å². The molecule has 2 amide bonds. The molecule has 1 heterocycles. The highest BCUT2D eigenvalue weighted by Crippen LogP contribution is 2.30. The van der Waals surface area contributed by atoms with Crippen LogP contribution >= 0.6 is 11.6 Å². The molecule has 1 atom stereocenters. The van der Waals surface area contributed by atoms with Crippen LogP contribution in [0.2, 0.25) is 5.02 Å². The van der Waals surface area contributed by atoms with Crippen LogP contribution in [0, 0.1) is 0 Å². The minimum absolute atomic E-state index is 0.000246. The van der Waals surface area contributed by atoms with Gasteiger partial charge in [0.2, 0.25) is 0 Å². The molecule has 3 rings (SSSR count). The molecule has 24 heavy (non-hydrogen) atoms. The van der Waals surface area contributed by atoms with Gasteiger partial charge >= 0.3 is 0 Å². The zero-order chi connectivity index (χ0) is 17.3. The van der Waals surface area contributed by atoms with Gasteiger partial charge in [0, 0.05) is 5.56 Å². The molecule has 0 radical (unpaired) electrons. The van der Waals surface area contributed by atoms with Gasteiger partial charge in [0.05, 0.1) is 16.8 Å². The summed E-state index contributed by atoms with van der Waals surface area (Å²) in [6.07, 6.45) is 0. The molecule has 3 N–H and O–H groups in total. The predicted molar refractivity (Wildman–Crippen MR) is 89.6 cm³/mol. The van der Waals surface area contributed by atoms with E-state index in [1.54, 1.807) is 12.1 Å². The number of fused-ring (bicyclic) bond motifs is 1. The minimum atomic E-state index is -0.317. The first kappa shape index (κ1) is 16.1. The number of phenols is 1. The largest absolute Gasteiger partial charge is 0.506 e.